The second-order valence-electron chi connectivity index (χ2n) is 9.50. The average Bonchev–Trinajstić information content (AvgIpc) is 3.40. The van der Waals surface area contributed by atoms with Crippen molar-refractivity contribution in [3.8, 4) is 0 Å². The Labute approximate surface area is 213 Å². The summed E-state index contributed by atoms with van der Waals surface area (Å²) in [7, 11) is 1.40. The molecule has 3 heteroatoms. The minimum absolute atomic E-state index is 0.396. The summed E-state index contributed by atoms with van der Waals surface area (Å²) in [6.07, 6.45) is 3.98. The van der Waals surface area contributed by atoms with E-state index in [1.54, 1.807) is 0 Å². The molecule has 0 amide bonds. The molecule has 4 aromatic rings. The summed E-state index contributed by atoms with van der Waals surface area (Å²) in [5.74, 6) is 0.684. The molecule has 3 atom stereocenters. The Morgan fingerprint density at radius 2 is 1.00 bits per heavy atom. The van der Waals surface area contributed by atoms with Crippen LogP contribution in [0.15, 0.2) is 121 Å². The Morgan fingerprint density at radius 1 is 0.600 bits per heavy atom. The average molecular weight is 496 g/mol. The molecule has 0 heterocycles. The van der Waals surface area contributed by atoms with Gasteiger partial charge in [-0.15, -0.1) is 0 Å². The molecule has 1 aliphatic carbocycles. The van der Waals surface area contributed by atoms with Gasteiger partial charge in [0.05, 0.1) is 0 Å². The molecule has 1 aliphatic rings. The molecule has 178 valence electrons. The fourth-order valence-electron chi connectivity index (χ4n) is 5.67. The quantitative estimate of drug-likeness (QED) is 0.247. The van der Waals surface area contributed by atoms with Crippen LogP contribution in [0.25, 0.3) is 0 Å². The van der Waals surface area contributed by atoms with E-state index in [-0.39, 0.29) is 0 Å². The molecule has 0 saturated heterocycles. The monoisotopic (exact) mass is 495 g/mol. The van der Waals surface area contributed by atoms with Gasteiger partial charge < -0.3 is 0 Å². The fourth-order valence-corrected chi connectivity index (χ4v) is 11.4. The van der Waals surface area contributed by atoms with Crippen LogP contribution in [0, 0.1) is 5.92 Å². The first-order valence-corrected chi connectivity index (χ1v) is 15.5. The molecule has 0 N–H and O–H groups in total. The summed E-state index contributed by atoms with van der Waals surface area (Å²) in [6.45, 7) is 2.49. The van der Waals surface area contributed by atoms with Crippen LogP contribution in [0.5, 0.6) is 0 Å². The minimum atomic E-state index is -0.574. The fraction of sp³-hybridized carbons (Fsp3) is 0.250. The maximum atomic E-state index is 2.71. The molecule has 1 fully saturated rings. The summed E-state index contributed by atoms with van der Waals surface area (Å²) in [6, 6.07) is 45.4. The SMILES string of the molecule is C[C@@H]([C@@H]1CCCC1P(c1ccccc1)c1ccccc1)N(C)P(c1ccccc1)c1ccccc1. The zero-order chi connectivity index (χ0) is 24.0. The van der Waals surface area contributed by atoms with Crippen LogP contribution in [-0.2, 0) is 0 Å². The van der Waals surface area contributed by atoms with Crippen LogP contribution in [0.4, 0.5) is 0 Å². The van der Waals surface area contributed by atoms with E-state index in [0.717, 1.165) is 0 Å². The third-order valence-corrected chi connectivity index (χ3v) is 13.0. The van der Waals surface area contributed by atoms with Crippen molar-refractivity contribution in [1.82, 2.24) is 4.67 Å². The topological polar surface area (TPSA) is 3.24 Å². The van der Waals surface area contributed by atoms with Gasteiger partial charge in [-0.1, -0.05) is 128 Å². The van der Waals surface area contributed by atoms with E-state index in [2.05, 4.69) is 140 Å². The van der Waals surface area contributed by atoms with Crippen LogP contribution in [0.2, 0.25) is 0 Å². The first-order chi connectivity index (χ1) is 17.2. The minimum Gasteiger partial charge on any atom is -0.275 e. The number of rotatable bonds is 8. The third-order valence-electron chi connectivity index (χ3n) is 7.46. The molecule has 4 aromatic carbocycles. The molecular weight excluding hydrogens is 460 g/mol. The first-order valence-electron chi connectivity index (χ1n) is 12.8. The van der Waals surface area contributed by atoms with Gasteiger partial charge in [-0.2, -0.15) is 0 Å². The maximum absolute atomic E-state index is 2.71. The predicted octanol–water partition coefficient (Wildman–Crippen LogP) is 6.66. The molecule has 0 bridgehead atoms. The number of hydrogen-bond donors (Lipinski definition) is 0. The normalized spacial score (nSPS) is 18.9. The van der Waals surface area contributed by atoms with Gasteiger partial charge in [0, 0.05) is 14.1 Å². The van der Waals surface area contributed by atoms with Crippen LogP contribution in [-0.4, -0.2) is 23.4 Å². The van der Waals surface area contributed by atoms with Crippen LogP contribution in [0.1, 0.15) is 26.2 Å². The van der Waals surface area contributed by atoms with Crippen molar-refractivity contribution < 1.29 is 0 Å². The summed E-state index contributed by atoms with van der Waals surface area (Å²) < 4.78 is 2.71. The Kier molecular flexibility index (Phi) is 8.10. The largest absolute Gasteiger partial charge is 0.275 e. The van der Waals surface area contributed by atoms with Gasteiger partial charge in [-0.25, -0.2) is 0 Å². The van der Waals surface area contributed by atoms with Crippen molar-refractivity contribution in [3.05, 3.63) is 121 Å². The van der Waals surface area contributed by atoms with Gasteiger partial charge in [0.15, 0.2) is 0 Å². The standard InChI is InChI=1S/C32H35NP2/c1-26(33(2)35(29-20-11-5-12-21-29)30-22-13-6-14-23-30)31-24-15-25-32(31)34(27-16-7-3-8-17-27)28-18-9-4-10-19-28/h3-14,16-23,26,31-32H,15,24-25H2,1-2H3/t26-,31-,32?/m0/s1. The summed E-state index contributed by atoms with van der Waals surface area (Å²) in [5.41, 5.74) is 0.704. The molecule has 0 radical (unpaired) electrons. The Balaban J connectivity index is 1.49. The second-order valence-corrected chi connectivity index (χ2v) is 14.2. The molecule has 1 unspecified atom stereocenters. The molecule has 0 aliphatic heterocycles. The van der Waals surface area contributed by atoms with Gasteiger partial charge in [0.1, 0.15) is 0 Å². The summed E-state index contributed by atoms with van der Waals surface area (Å²) >= 11 is 0. The van der Waals surface area contributed by atoms with E-state index in [1.165, 1.54) is 40.5 Å². The van der Waals surface area contributed by atoms with Gasteiger partial charge in [-0.05, 0) is 67.5 Å². The van der Waals surface area contributed by atoms with Crippen molar-refractivity contribution in [2.24, 2.45) is 5.92 Å². The molecule has 1 saturated carbocycles. The first kappa shape index (κ1) is 24.4. The van der Waals surface area contributed by atoms with Crippen molar-refractivity contribution in [2.45, 2.75) is 37.9 Å². The highest BCUT2D eigenvalue weighted by molar-refractivity contribution is 7.73. The van der Waals surface area contributed by atoms with Crippen molar-refractivity contribution in [2.75, 3.05) is 7.05 Å². The molecule has 0 aromatic heterocycles. The number of benzene rings is 4. The van der Waals surface area contributed by atoms with Crippen molar-refractivity contribution in [3.63, 3.8) is 0 Å². The number of nitrogens with zero attached hydrogens (tertiary/aromatic N) is 1. The zero-order valence-corrected chi connectivity index (χ0v) is 22.5. The van der Waals surface area contributed by atoms with E-state index in [1.807, 2.05) is 0 Å². The van der Waals surface area contributed by atoms with E-state index < -0.39 is 16.0 Å². The smallest absolute Gasteiger partial charge is 0.0281 e. The maximum Gasteiger partial charge on any atom is 0.0281 e. The second kappa shape index (κ2) is 11.6. The highest BCUT2D eigenvalue weighted by Crippen LogP contribution is 2.53. The molecule has 1 nitrogen and oxygen atoms in total. The lowest BCUT2D eigenvalue weighted by Gasteiger charge is -2.40. The predicted molar refractivity (Wildman–Crippen MR) is 156 cm³/mol. The molecular formula is C32H35NP2. The molecule has 5 rings (SSSR count). The van der Waals surface area contributed by atoms with Gasteiger partial charge in [-0.3, -0.25) is 4.67 Å². The van der Waals surface area contributed by atoms with Crippen LogP contribution in [0.3, 0.4) is 0 Å². The lowest BCUT2D eigenvalue weighted by atomic mass is 10.00. The van der Waals surface area contributed by atoms with Gasteiger partial charge >= 0.3 is 0 Å². The Morgan fingerprint density at radius 3 is 1.43 bits per heavy atom. The highest BCUT2D eigenvalue weighted by atomic mass is 31.1. The molecule has 35 heavy (non-hydrogen) atoms. The zero-order valence-electron chi connectivity index (χ0n) is 20.7. The third kappa shape index (κ3) is 5.44. The van der Waals surface area contributed by atoms with E-state index in [4.69, 9.17) is 0 Å². The lowest BCUT2D eigenvalue weighted by molar-refractivity contribution is 0.308. The Bertz CT molecular complexity index is 1090. The van der Waals surface area contributed by atoms with Crippen molar-refractivity contribution >= 4 is 37.2 Å². The van der Waals surface area contributed by atoms with Gasteiger partial charge in [0.2, 0.25) is 0 Å². The summed E-state index contributed by atoms with van der Waals surface area (Å²) in [5, 5.41) is 5.92. The molecule has 0 spiro atoms. The van der Waals surface area contributed by atoms with E-state index in [0.29, 0.717) is 17.6 Å². The van der Waals surface area contributed by atoms with Crippen LogP contribution < -0.4 is 21.2 Å². The van der Waals surface area contributed by atoms with E-state index in [9.17, 15) is 0 Å². The van der Waals surface area contributed by atoms with Gasteiger partial charge in [0.25, 0.3) is 0 Å². The Hall–Kier alpha value is -2.30. The van der Waals surface area contributed by atoms with E-state index >= 15 is 0 Å². The van der Waals surface area contributed by atoms with Crippen molar-refractivity contribution in [1.29, 1.82) is 0 Å². The van der Waals surface area contributed by atoms with Crippen LogP contribution >= 0.6 is 16.0 Å². The number of hydrogen-bond acceptors (Lipinski definition) is 1. The highest BCUT2D eigenvalue weighted by Gasteiger charge is 2.40. The summed E-state index contributed by atoms with van der Waals surface area (Å²) in [4.78, 5) is 0. The lowest BCUT2D eigenvalue weighted by Crippen LogP contribution is -2.40.